The van der Waals surface area contributed by atoms with Crippen molar-refractivity contribution in [3.8, 4) is 17.5 Å². The summed E-state index contributed by atoms with van der Waals surface area (Å²) >= 11 is 6.61. The molecule has 35 heavy (non-hydrogen) atoms. The second-order valence-corrected chi connectivity index (χ2v) is 9.51. The molecular weight excluding hydrogens is 467 g/mol. The molecule has 0 aliphatic carbocycles. The summed E-state index contributed by atoms with van der Waals surface area (Å²) in [5, 5.41) is 9.53. The van der Waals surface area contributed by atoms with Gasteiger partial charge in [-0.25, -0.2) is 9.37 Å². The van der Waals surface area contributed by atoms with Crippen LogP contribution in [0.15, 0.2) is 36.4 Å². The zero-order valence-electron chi connectivity index (χ0n) is 19.5. The maximum absolute atomic E-state index is 15.7. The summed E-state index contributed by atoms with van der Waals surface area (Å²) in [7, 11) is 0. The molecule has 3 aromatic rings. The molecular formula is C27H26ClFN4O2. The van der Waals surface area contributed by atoms with E-state index in [0.717, 1.165) is 23.4 Å². The molecule has 0 saturated carbocycles. The molecule has 3 heterocycles. The predicted octanol–water partition coefficient (Wildman–Crippen LogP) is 5.34. The number of carbonyl (C=O) groups excluding carboxylic acids is 1. The number of piperidine rings is 1. The van der Waals surface area contributed by atoms with Crippen LogP contribution < -0.4 is 0 Å². The number of hydrogen-bond donors (Lipinski definition) is 1. The summed E-state index contributed by atoms with van der Waals surface area (Å²) in [6, 6.07) is 12.3. The van der Waals surface area contributed by atoms with E-state index >= 15 is 4.39 Å². The van der Waals surface area contributed by atoms with E-state index in [1.54, 1.807) is 29.2 Å². The number of alkyl halides is 1. The van der Waals surface area contributed by atoms with Crippen molar-refractivity contribution < 1.29 is 13.9 Å². The molecule has 2 aliphatic heterocycles. The van der Waals surface area contributed by atoms with Gasteiger partial charge >= 0.3 is 0 Å². The maximum Gasteiger partial charge on any atom is 0.254 e. The molecule has 1 saturated heterocycles. The fourth-order valence-electron chi connectivity index (χ4n) is 4.90. The van der Waals surface area contributed by atoms with Crippen molar-refractivity contribution in [1.82, 2.24) is 14.9 Å². The van der Waals surface area contributed by atoms with Crippen LogP contribution in [0.25, 0.3) is 11.4 Å². The predicted molar refractivity (Wildman–Crippen MR) is 131 cm³/mol. The molecule has 1 amide bonds. The number of halogens is 2. The standard InChI is InChI=1S/C27H26ClFN4O2/c1-2-18-13-22(28)21(25-31-23-7-12-35-16-24(23)32-25)14-20(18)26(34)33-10-8-27(29,9-11-33)19-5-3-17(15-30)4-6-19/h3-6,13-14H,2,7-12,16H2,1H3,(H,31,32). The normalized spacial score (nSPS) is 17.0. The Morgan fingerprint density at radius 1 is 1.29 bits per heavy atom. The van der Waals surface area contributed by atoms with Gasteiger partial charge in [0.25, 0.3) is 5.91 Å². The van der Waals surface area contributed by atoms with E-state index in [-0.39, 0.29) is 18.7 Å². The van der Waals surface area contributed by atoms with E-state index in [1.165, 1.54) is 0 Å². The number of nitrogens with one attached hydrogen (secondary N) is 1. The highest BCUT2D eigenvalue weighted by Gasteiger charge is 2.38. The summed E-state index contributed by atoms with van der Waals surface area (Å²) in [5.74, 6) is 0.505. The molecule has 2 aromatic carbocycles. The van der Waals surface area contributed by atoms with Gasteiger partial charge in [0, 0.05) is 43.5 Å². The number of hydrogen-bond acceptors (Lipinski definition) is 4. The van der Waals surface area contributed by atoms with E-state index in [0.29, 0.717) is 65.8 Å². The van der Waals surface area contributed by atoms with Crippen LogP contribution in [0.4, 0.5) is 4.39 Å². The highest BCUT2D eigenvalue weighted by Crippen LogP contribution is 2.38. The molecule has 0 bridgehead atoms. The number of aromatic amines is 1. The average Bonchev–Trinajstić information content (AvgIpc) is 3.32. The Kier molecular flexibility index (Phi) is 6.35. The van der Waals surface area contributed by atoms with Crippen LogP contribution in [-0.2, 0) is 29.9 Å². The summed E-state index contributed by atoms with van der Waals surface area (Å²) in [5.41, 5.74) is 3.54. The van der Waals surface area contributed by atoms with E-state index in [4.69, 9.17) is 26.6 Å². The molecule has 0 atom stereocenters. The van der Waals surface area contributed by atoms with Gasteiger partial charge in [0.15, 0.2) is 0 Å². The molecule has 6 nitrogen and oxygen atoms in total. The first-order valence-electron chi connectivity index (χ1n) is 11.9. The first kappa shape index (κ1) is 23.5. The van der Waals surface area contributed by atoms with Crippen molar-refractivity contribution in [2.24, 2.45) is 0 Å². The van der Waals surface area contributed by atoms with E-state index in [2.05, 4.69) is 11.1 Å². The molecule has 5 rings (SSSR count). The lowest BCUT2D eigenvalue weighted by Gasteiger charge is -2.37. The topological polar surface area (TPSA) is 82.0 Å². The fraction of sp³-hybridized carbons (Fsp3) is 0.370. The van der Waals surface area contributed by atoms with Crippen LogP contribution in [0, 0.1) is 11.3 Å². The quantitative estimate of drug-likeness (QED) is 0.533. The third kappa shape index (κ3) is 4.44. The number of likely N-dealkylation sites (tertiary alicyclic amines) is 1. The Morgan fingerprint density at radius 3 is 2.69 bits per heavy atom. The molecule has 0 unspecified atom stereocenters. The highest BCUT2D eigenvalue weighted by atomic mass is 35.5. The first-order valence-corrected chi connectivity index (χ1v) is 12.3. The largest absolute Gasteiger partial charge is 0.375 e. The Labute approximate surface area is 208 Å². The number of aryl methyl sites for hydroxylation is 1. The van der Waals surface area contributed by atoms with Gasteiger partial charge in [0.2, 0.25) is 0 Å². The van der Waals surface area contributed by atoms with E-state index < -0.39 is 5.67 Å². The number of ether oxygens (including phenoxy) is 1. The van der Waals surface area contributed by atoms with Crippen molar-refractivity contribution in [3.05, 3.63) is 75.1 Å². The Bertz CT molecular complexity index is 1280. The van der Waals surface area contributed by atoms with Gasteiger partial charge < -0.3 is 14.6 Å². The molecule has 8 heteroatoms. The smallest absolute Gasteiger partial charge is 0.254 e. The Morgan fingerprint density at radius 2 is 2.03 bits per heavy atom. The van der Waals surface area contributed by atoms with Gasteiger partial charge in [-0.3, -0.25) is 4.79 Å². The third-order valence-electron chi connectivity index (χ3n) is 7.03. The molecule has 0 spiro atoms. The van der Waals surface area contributed by atoms with Crippen molar-refractivity contribution in [3.63, 3.8) is 0 Å². The monoisotopic (exact) mass is 492 g/mol. The minimum Gasteiger partial charge on any atom is -0.375 e. The number of nitrogens with zero attached hydrogens (tertiary/aromatic N) is 3. The SMILES string of the molecule is CCc1cc(Cl)c(-c2nc3c([nH]2)COCC3)cc1C(=O)N1CCC(F)(c2ccc(C#N)cc2)CC1. The maximum atomic E-state index is 15.7. The summed E-state index contributed by atoms with van der Waals surface area (Å²) in [6.07, 6.45) is 1.80. The lowest BCUT2D eigenvalue weighted by atomic mass is 9.85. The number of aromatic nitrogens is 2. The van der Waals surface area contributed by atoms with Gasteiger partial charge in [0.1, 0.15) is 11.5 Å². The lowest BCUT2D eigenvalue weighted by Crippen LogP contribution is -2.43. The van der Waals surface area contributed by atoms with Crippen molar-refractivity contribution in [1.29, 1.82) is 5.26 Å². The number of benzene rings is 2. The third-order valence-corrected chi connectivity index (χ3v) is 7.34. The van der Waals surface area contributed by atoms with Crippen LogP contribution in [-0.4, -0.2) is 40.5 Å². The summed E-state index contributed by atoms with van der Waals surface area (Å²) < 4.78 is 21.2. The Balaban J connectivity index is 1.39. The molecule has 2 aliphatic rings. The molecule has 0 radical (unpaired) electrons. The summed E-state index contributed by atoms with van der Waals surface area (Å²) in [6.45, 7) is 3.72. The number of H-pyrrole nitrogens is 1. The highest BCUT2D eigenvalue weighted by molar-refractivity contribution is 6.33. The van der Waals surface area contributed by atoms with Crippen LogP contribution in [0.5, 0.6) is 0 Å². The van der Waals surface area contributed by atoms with E-state index in [9.17, 15) is 4.79 Å². The van der Waals surface area contributed by atoms with Crippen LogP contribution in [0.1, 0.15) is 58.2 Å². The molecule has 1 fully saturated rings. The minimum atomic E-state index is -1.52. The van der Waals surface area contributed by atoms with Crippen LogP contribution >= 0.6 is 11.6 Å². The number of rotatable bonds is 4. The number of fused-ring (bicyclic) bond motifs is 1. The number of amides is 1. The van der Waals surface area contributed by atoms with Crippen molar-refractivity contribution >= 4 is 17.5 Å². The lowest BCUT2D eigenvalue weighted by molar-refractivity contribution is 0.0420. The van der Waals surface area contributed by atoms with Crippen molar-refractivity contribution in [2.75, 3.05) is 19.7 Å². The molecule has 1 aromatic heterocycles. The molecule has 180 valence electrons. The van der Waals surface area contributed by atoms with Gasteiger partial charge in [-0.15, -0.1) is 0 Å². The van der Waals surface area contributed by atoms with Gasteiger partial charge in [-0.1, -0.05) is 30.7 Å². The Hall–Kier alpha value is -3.21. The van der Waals surface area contributed by atoms with E-state index in [1.807, 2.05) is 19.1 Å². The van der Waals surface area contributed by atoms with Gasteiger partial charge in [-0.05, 0) is 41.8 Å². The van der Waals surface area contributed by atoms with Crippen molar-refractivity contribution in [2.45, 2.75) is 44.9 Å². The van der Waals surface area contributed by atoms with Gasteiger partial charge in [0.05, 0.1) is 41.3 Å². The second-order valence-electron chi connectivity index (χ2n) is 9.10. The average molecular weight is 493 g/mol. The minimum absolute atomic E-state index is 0.124. The van der Waals surface area contributed by atoms with Crippen LogP contribution in [0.2, 0.25) is 5.02 Å². The summed E-state index contributed by atoms with van der Waals surface area (Å²) in [4.78, 5) is 23.3. The van der Waals surface area contributed by atoms with Gasteiger partial charge in [-0.2, -0.15) is 5.26 Å². The second kappa shape index (κ2) is 9.44. The first-order chi connectivity index (χ1) is 16.9. The number of carbonyl (C=O) groups is 1. The number of nitriles is 1. The molecule has 1 N–H and O–H groups in total. The fourth-order valence-corrected chi connectivity index (χ4v) is 5.17. The van der Waals surface area contributed by atoms with Crippen LogP contribution in [0.3, 0.4) is 0 Å². The number of imidazole rings is 1. The zero-order valence-corrected chi connectivity index (χ0v) is 20.3. The zero-order chi connectivity index (χ0) is 24.6.